The second kappa shape index (κ2) is 28.0. The number of hydrogen-bond donors (Lipinski definition) is 0. The van der Waals surface area contributed by atoms with E-state index in [2.05, 4.69) is 440 Å². The predicted octanol–water partition coefficient (Wildman–Crippen LogP) is 25.8. The maximum absolute atomic E-state index is 8.17. The van der Waals surface area contributed by atoms with Gasteiger partial charge in [-0.05, 0) is 204 Å². The molecule has 17 aromatic rings. The monoisotopic (exact) mass is 1480 g/mol. The molecule has 0 N–H and O–H groups in total. The first kappa shape index (κ1) is 70.0. The Morgan fingerprint density at radius 2 is 0.543 bits per heavy atom. The number of ether oxygens (including phenoxy) is 2. The Kier molecular flexibility index (Phi) is 16.9. The van der Waals surface area contributed by atoms with Crippen LogP contribution < -0.4 is 52.1 Å². The van der Waals surface area contributed by atoms with Gasteiger partial charge in [0.15, 0.2) is 0 Å². The fraction of sp³-hybridized carbons (Fsp3) is 0.0727. The minimum absolute atomic E-state index is 0.166. The van der Waals surface area contributed by atoms with Crippen molar-refractivity contribution in [1.29, 1.82) is 0 Å². The molecule has 550 valence electrons. The number of anilines is 6. The molecule has 4 aliphatic heterocycles. The lowest BCUT2D eigenvalue weighted by molar-refractivity contribution is 0.489. The molecule has 0 amide bonds. The topological polar surface area (TPSA) is 24.9 Å². The van der Waals surface area contributed by atoms with Crippen molar-refractivity contribution in [3.63, 3.8) is 0 Å². The van der Waals surface area contributed by atoms with Crippen molar-refractivity contribution in [3.05, 3.63) is 399 Å². The number of rotatable bonds is 12. The molecule has 4 heterocycles. The molecule has 17 aromatic carbocycles. The van der Waals surface area contributed by atoms with E-state index in [1.54, 1.807) is 0 Å². The highest BCUT2D eigenvalue weighted by molar-refractivity contribution is 7.02. The van der Waals surface area contributed by atoms with Gasteiger partial charge < -0.3 is 19.3 Å². The third kappa shape index (κ3) is 12.0. The van der Waals surface area contributed by atoms with Crippen molar-refractivity contribution in [2.45, 2.75) is 52.4 Å². The summed E-state index contributed by atoms with van der Waals surface area (Å²) in [6.45, 7) is 13.3. The van der Waals surface area contributed by atoms with Gasteiger partial charge in [-0.3, -0.25) is 0 Å². The molecule has 0 spiro atoms. The maximum atomic E-state index is 8.17. The van der Waals surface area contributed by atoms with Gasteiger partial charge in [0.1, 0.15) is 23.0 Å². The summed E-state index contributed by atoms with van der Waals surface area (Å²) in [7, 11) is 0. The van der Waals surface area contributed by atoms with Gasteiger partial charge in [0.25, 0.3) is 13.4 Å². The van der Waals surface area contributed by atoms with Crippen molar-refractivity contribution in [2.75, 3.05) is 9.80 Å². The number of fused-ring (bicyclic) bond motifs is 8. The van der Waals surface area contributed by atoms with Gasteiger partial charge in [-0.2, -0.15) is 0 Å². The fourth-order valence-electron chi connectivity index (χ4n) is 18.6. The lowest BCUT2D eigenvalue weighted by atomic mass is 9.30. The molecule has 0 radical (unpaired) electrons. The van der Waals surface area contributed by atoms with Gasteiger partial charge in [0.05, 0.1) is 5.69 Å². The zero-order valence-corrected chi connectivity index (χ0v) is 65.8. The molecule has 0 aliphatic carbocycles. The smallest absolute Gasteiger partial charge is 0.256 e. The largest absolute Gasteiger partial charge is 0.458 e. The first-order valence-electron chi connectivity index (χ1n) is 40.6. The van der Waals surface area contributed by atoms with Crippen LogP contribution in [0.1, 0.15) is 52.7 Å². The normalized spacial score (nSPS) is 12.8. The first-order valence-corrected chi connectivity index (χ1v) is 40.6. The van der Waals surface area contributed by atoms with Gasteiger partial charge in [-0.25, -0.2) is 0 Å². The summed E-state index contributed by atoms with van der Waals surface area (Å²) in [5.74, 6) is 3.31. The van der Waals surface area contributed by atoms with Gasteiger partial charge >= 0.3 is 0 Å². The third-order valence-electron chi connectivity index (χ3n) is 24.2. The van der Waals surface area contributed by atoms with Gasteiger partial charge in [-0.1, -0.05) is 369 Å². The Morgan fingerprint density at radius 1 is 0.224 bits per heavy atom. The summed E-state index contributed by atoms with van der Waals surface area (Å²) in [4.78, 5) is 5.24. The second-order valence-corrected chi connectivity index (χ2v) is 33.4. The van der Waals surface area contributed by atoms with Crippen molar-refractivity contribution < 1.29 is 9.47 Å². The van der Waals surface area contributed by atoms with Crippen LogP contribution in [0.3, 0.4) is 0 Å². The Labute approximate surface area is 681 Å². The molecule has 21 rings (SSSR count). The standard InChI is InChI=1S/C110H82B2N2O2/c1-109(2,3)85-62-82(63-86(68-85)110(4,5)6)84-65-99-105-101(67-84)116-108-93(58-56-89(74-41-22-10-23-42-74)103(108)78-49-30-14-31-50-78)112(105)95-69-94-96(70-97(95)114(99)106-90(75-43-24-11-25-44-75)53-34-54-91(106)76-45-26-12-27-46-76)113(87-51-32-15-33-52-87)98-64-83(81-60-79(71-35-16-7-17-36-71)59-80(61-81)72-37-18-8-19-38-72)66-100-104(98)111(94)92-57-55-88(73-39-20-9-21-40-73)102(107(92)115-100)77-47-28-13-29-48-77/h7-70H,1-6H3. The van der Waals surface area contributed by atoms with Crippen LogP contribution in [0.2, 0.25) is 0 Å². The number of benzene rings is 17. The van der Waals surface area contributed by atoms with Crippen LogP contribution in [0.15, 0.2) is 388 Å². The molecular formula is C110H82B2N2O2. The molecule has 0 fully saturated rings. The van der Waals surface area contributed by atoms with Crippen molar-refractivity contribution in [1.82, 2.24) is 0 Å². The third-order valence-corrected chi connectivity index (χ3v) is 24.2. The highest BCUT2D eigenvalue weighted by atomic mass is 16.5. The zero-order valence-electron chi connectivity index (χ0n) is 65.8. The van der Waals surface area contributed by atoms with Crippen LogP contribution in [-0.4, -0.2) is 13.4 Å². The molecular weight excluding hydrogens is 1400 g/mol. The number of hydrogen-bond acceptors (Lipinski definition) is 4. The van der Waals surface area contributed by atoms with E-state index < -0.39 is 0 Å². The minimum Gasteiger partial charge on any atom is -0.458 e. The maximum Gasteiger partial charge on any atom is 0.256 e. The summed E-state index contributed by atoms with van der Waals surface area (Å²) in [6, 6.07) is 144. The average molecular weight is 1490 g/mol. The SMILES string of the molecule is CC(C)(C)c1cc(-c2cc3c4c(c2)N(c2c(-c5ccccc5)cccc2-c2ccccc2)c2cc5c(cc2B4c2ccc(-c4ccccc4)c(-c4ccccc4)c2O3)B2c3ccc(-c4ccccc4)c(-c4ccccc4)c3Oc3cc(-c4cc(-c6ccccc6)cc(-c6ccccc6)c4)cc(c32)N5c2ccccc2)cc(C(C)(C)C)c1. The van der Waals surface area contributed by atoms with E-state index in [0.29, 0.717) is 0 Å². The molecule has 0 bridgehead atoms. The summed E-state index contributed by atoms with van der Waals surface area (Å²) >= 11 is 0. The highest BCUT2D eigenvalue weighted by Gasteiger charge is 2.49. The van der Waals surface area contributed by atoms with E-state index >= 15 is 0 Å². The lowest BCUT2D eigenvalue weighted by Gasteiger charge is -2.45. The number of nitrogens with zero attached hydrogens (tertiary/aromatic N) is 2. The van der Waals surface area contributed by atoms with Crippen molar-refractivity contribution >= 4 is 80.3 Å². The Hall–Kier alpha value is -13.9. The van der Waals surface area contributed by atoms with Crippen LogP contribution >= 0.6 is 0 Å². The first-order chi connectivity index (χ1) is 56.8. The molecule has 0 saturated heterocycles. The second-order valence-electron chi connectivity index (χ2n) is 33.4. The van der Waals surface area contributed by atoms with E-state index in [1.165, 1.54) is 11.1 Å². The molecule has 0 aromatic heterocycles. The average Bonchev–Trinajstić information content (AvgIpc) is 0.682. The lowest BCUT2D eigenvalue weighted by Crippen LogP contribution is -2.64. The highest BCUT2D eigenvalue weighted by Crippen LogP contribution is 2.55. The molecule has 0 unspecified atom stereocenters. The Morgan fingerprint density at radius 3 is 0.931 bits per heavy atom. The summed E-state index contributed by atoms with van der Waals surface area (Å²) < 4.78 is 16.2. The van der Waals surface area contributed by atoms with Gasteiger partial charge in [0.2, 0.25) is 0 Å². The van der Waals surface area contributed by atoms with Crippen LogP contribution in [0, 0.1) is 0 Å². The van der Waals surface area contributed by atoms with Crippen LogP contribution in [0.5, 0.6) is 23.0 Å². The molecule has 0 saturated carbocycles. The van der Waals surface area contributed by atoms with Crippen LogP contribution in [0.25, 0.3) is 111 Å². The number of para-hydroxylation sites is 2. The summed E-state index contributed by atoms with van der Waals surface area (Å²) in [6.07, 6.45) is 0. The van der Waals surface area contributed by atoms with Gasteiger partial charge in [0, 0.05) is 50.7 Å². The molecule has 0 atom stereocenters. The van der Waals surface area contributed by atoms with E-state index in [-0.39, 0.29) is 24.3 Å². The Bertz CT molecular complexity index is 6540. The molecule has 4 nitrogen and oxygen atoms in total. The van der Waals surface area contributed by atoms with E-state index in [1.807, 2.05) is 0 Å². The zero-order chi connectivity index (χ0) is 77.9. The Balaban J connectivity index is 0.929. The fourth-order valence-corrected chi connectivity index (χ4v) is 18.6. The van der Waals surface area contributed by atoms with E-state index in [0.717, 1.165) is 201 Å². The minimum atomic E-state index is -0.375. The van der Waals surface area contributed by atoms with Crippen molar-refractivity contribution in [2.24, 2.45) is 0 Å². The van der Waals surface area contributed by atoms with E-state index in [9.17, 15) is 0 Å². The van der Waals surface area contributed by atoms with Crippen LogP contribution in [0.4, 0.5) is 34.1 Å². The van der Waals surface area contributed by atoms with Crippen molar-refractivity contribution in [3.8, 4) is 134 Å². The molecule has 4 aliphatic rings. The summed E-state index contributed by atoms with van der Waals surface area (Å²) in [5, 5.41) is 0. The van der Waals surface area contributed by atoms with E-state index in [4.69, 9.17) is 9.47 Å². The molecule has 6 heteroatoms. The van der Waals surface area contributed by atoms with Crippen LogP contribution in [-0.2, 0) is 10.8 Å². The quantitative estimate of drug-likeness (QED) is 0.114. The summed E-state index contributed by atoms with van der Waals surface area (Å²) in [5.41, 5.74) is 37.2. The molecule has 116 heavy (non-hydrogen) atoms. The predicted molar refractivity (Wildman–Crippen MR) is 490 cm³/mol. The van der Waals surface area contributed by atoms with Gasteiger partial charge in [-0.15, -0.1) is 0 Å².